The molecule has 4 rings (SSSR count). The van der Waals surface area contributed by atoms with Gasteiger partial charge < -0.3 is 34.9 Å². The number of aliphatic hydroxyl groups excluding tert-OH is 1. The van der Waals surface area contributed by atoms with Gasteiger partial charge in [-0.1, -0.05) is 0 Å². The molecule has 27 heavy (non-hydrogen) atoms. The summed E-state index contributed by atoms with van der Waals surface area (Å²) < 4.78 is 17.1. The highest BCUT2D eigenvalue weighted by Crippen LogP contribution is 2.35. The fraction of sp³-hybridized carbons (Fsp3) is 0.889. The minimum absolute atomic E-state index is 0.0589. The third-order valence-electron chi connectivity index (χ3n) is 5.95. The highest BCUT2D eigenvalue weighted by Gasteiger charge is 2.50. The summed E-state index contributed by atoms with van der Waals surface area (Å²) in [6.45, 7) is 2.64. The summed E-state index contributed by atoms with van der Waals surface area (Å²) in [5.41, 5.74) is 0. The molecule has 4 fully saturated rings. The highest BCUT2D eigenvalue weighted by molar-refractivity contribution is 5.77. The largest absolute Gasteiger partial charge is 0.388 e. The number of carbonyl (C=O) groups excluding carboxylic acids is 2. The molecule has 0 radical (unpaired) electrons. The maximum Gasteiger partial charge on any atom is 0.315 e. The summed E-state index contributed by atoms with van der Waals surface area (Å²) >= 11 is 0. The van der Waals surface area contributed by atoms with Gasteiger partial charge in [0, 0.05) is 32.1 Å². The summed E-state index contributed by atoms with van der Waals surface area (Å²) in [6, 6.07) is 0.0503. The highest BCUT2D eigenvalue weighted by atomic mass is 16.6. The maximum atomic E-state index is 12.3. The number of amides is 3. The summed E-state index contributed by atoms with van der Waals surface area (Å²) in [5.74, 6) is 0.0589. The molecule has 1 aliphatic carbocycles. The number of carbonyl (C=O) groups is 2. The van der Waals surface area contributed by atoms with Gasteiger partial charge in [-0.15, -0.1) is 0 Å². The molecule has 3 saturated heterocycles. The van der Waals surface area contributed by atoms with Crippen LogP contribution in [0.25, 0.3) is 0 Å². The van der Waals surface area contributed by atoms with Gasteiger partial charge in [-0.3, -0.25) is 4.79 Å². The first-order valence-electron chi connectivity index (χ1n) is 9.99. The van der Waals surface area contributed by atoms with E-state index in [1.165, 1.54) is 0 Å². The summed E-state index contributed by atoms with van der Waals surface area (Å²) in [4.78, 5) is 26.0. The molecule has 3 aliphatic heterocycles. The minimum Gasteiger partial charge on any atom is -0.388 e. The smallest absolute Gasteiger partial charge is 0.315 e. The standard InChI is InChI=1S/C18H29N3O6/c22-15(21-4-6-25-7-5-21)9-12-8-13-17(26-12)16(23)14(27-13)10-19-18(24)20-11-2-1-3-11/h11-14,16-17,23H,1-10H2,(H2,19,20,24). The van der Waals surface area contributed by atoms with Gasteiger partial charge in [-0.2, -0.15) is 0 Å². The van der Waals surface area contributed by atoms with Crippen molar-refractivity contribution in [1.82, 2.24) is 15.5 Å². The van der Waals surface area contributed by atoms with Crippen LogP contribution >= 0.6 is 0 Å². The zero-order valence-electron chi connectivity index (χ0n) is 15.5. The molecular formula is C18H29N3O6. The van der Waals surface area contributed by atoms with E-state index in [1.807, 2.05) is 0 Å². The van der Waals surface area contributed by atoms with Crippen LogP contribution in [-0.2, 0) is 19.0 Å². The molecule has 3 heterocycles. The number of urea groups is 1. The van der Waals surface area contributed by atoms with Crippen molar-refractivity contribution in [2.75, 3.05) is 32.8 Å². The third kappa shape index (κ3) is 4.37. The Kier molecular flexibility index (Phi) is 5.82. The molecule has 0 spiro atoms. The van der Waals surface area contributed by atoms with Crippen LogP contribution in [0.15, 0.2) is 0 Å². The molecule has 5 atom stereocenters. The normalized spacial score (nSPS) is 36.2. The number of hydrogen-bond donors (Lipinski definition) is 3. The van der Waals surface area contributed by atoms with Crippen molar-refractivity contribution in [3.63, 3.8) is 0 Å². The first-order valence-corrected chi connectivity index (χ1v) is 9.99. The van der Waals surface area contributed by atoms with Crippen molar-refractivity contribution in [1.29, 1.82) is 0 Å². The fourth-order valence-corrected chi connectivity index (χ4v) is 4.13. The Morgan fingerprint density at radius 2 is 1.93 bits per heavy atom. The lowest BCUT2D eigenvalue weighted by atomic mass is 9.93. The van der Waals surface area contributed by atoms with Gasteiger partial charge >= 0.3 is 6.03 Å². The van der Waals surface area contributed by atoms with Gasteiger partial charge in [0.05, 0.1) is 31.8 Å². The van der Waals surface area contributed by atoms with Gasteiger partial charge in [0.1, 0.15) is 18.3 Å². The zero-order valence-corrected chi connectivity index (χ0v) is 15.5. The van der Waals surface area contributed by atoms with Crippen LogP contribution < -0.4 is 10.6 Å². The lowest BCUT2D eigenvalue weighted by molar-refractivity contribution is -0.138. The predicted molar refractivity (Wildman–Crippen MR) is 94.1 cm³/mol. The van der Waals surface area contributed by atoms with E-state index in [1.54, 1.807) is 4.90 Å². The Bertz CT molecular complexity index is 551. The van der Waals surface area contributed by atoms with Crippen molar-refractivity contribution in [3.8, 4) is 0 Å². The molecular weight excluding hydrogens is 354 g/mol. The molecule has 9 heteroatoms. The third-order valence-corrected chi connectivity index (χ3v) is 5.95. The predicted octanol–water partition coefficient (Wildman–Crippen LogP) is -0.627. The van der Waals surface area contributed by atoms with Gasteiger partial charge in [0.2, 0.25) is 5.91 Å². The van der Waals surface area contributed by atoms with E-state index in [9.17, 15) is 14.7 Å². The van der Waals surface area contributed by atoms with Gasteiger partial charge in [-0.05, 0) is 19.3 Å². The number of nitrogens with zero attached hydrogens (tertiary/aromatic N) is 1. The monoisotopic (exact) mass is 383 g/mol. The topological polar surface area (TPSA) is 109 Å². The van der Waals surface area contributed by atoms with E-state index in [4.69, 9.17) is 14.2 Å². The quantitative estimate of drug-likeness (QED) is 0.583. The average Bonchev–Trinajstić information content (AvgIpc) is 3.16. The Labute approximate surface area is 158 Å². The van der Waals surface area contributed by atoms with E-state index < -0.39 is 18.3 Å². The Morgan fingerprint density at radius 1 is 1.15 bits per heavy atom. The minimum atomic E-state index is -0.803. The van der Waals surface area contributed by atoms with Gasteiger partial charge in [-0.25, -0.2) is 4.79 Å². The molecule has 9 nitrogen and oxygen atoms in total. The van der Waals surface area contributed by atoms with Crippen molar-refractivity contribution >= 4 is 11.9 Å². The summed E-state index contributed by atoms with van der Waals surface area (Å²) in [5, 5.41) is 16.1. The van der Waals surface area contributed by atoms with E-state index in [2.05, 4.69) is 10.6 Å². The van der Waals surface area contributed by atoms with Crippen LogP contribution in [0.1, 0.15) is 32.1 Å². The van der Waals surface area contributed by atoms with E-state index >= 15 is 0 Å². The number of nitrogens with one attached hydrogen (secondary N) is 2. The second kappa shape index (κ2) is 8.30. The van der Waals surface area contributed by atoms with Crippen LogP contribution in [0, 0.1) is 0 Å². The second-order valence-electron chi connectivity index (χ2n) is 7.84. The number of morpholine rings is 1. The van der Waals surface area contributed by atoms with Crippen molar-refractivity contribution in [3.05, 3.63) is 0 Å². The van der Waals surface area contributed by atoms with Crippen LogP contribution in [0.5, 0.6) is 0 Å². The van der Waals surface area contributed by atoms with E-state index in [-0.39, 0.29) is 36.7 Å². The maximum absolute atomic E-state index is 12.3. The molecule has 1 saturated carbocycles. The van der Waals surface area contributed by atoms with Crippen LogP contribution in [-0.4, -0.2) is 91.4 Å². The molecule has 0 aromatic rings. The Morgan fingerprint density at radius 3 is 2.59 bits per heavy atom. The van der Waals surface area contributed by atoms with Crippen molar-refractivity contribution < 1.29 is 28.9 Å². The SMILES string of the molecule is O=C(NCC1OC2CC(CC(=O)N3CCOCC3)OC2C1O)NC1CCC1. The average molecular weight is 383 g/mol. The lowest BCUT2D eigenvalue weighted by Gasteiger charge is -2.28. The van der Waals surface area contributed by atoms with Gasteiger partial charge in [0.15, 0.2) is 0 Å². The van der Waals surface area contributed by atoms with Crippen molar-refractivity contribution in [2.45, 2.75) is 68.7 Å². The molecule has 4 aliphatic rings. The number of hydrogen-bond acceptors (Lipinski definition) is 6. The number of ether oxygens (including phenoxy) is 3. The second-order valence-corrected chi connectivity index (χ2v) is 7.84. The zero-order chi connectivity index (χ0) is 18.8. The fourth-order valence-electron chi connectivity index (χ4n) is 4.13. The molecule has 152 valence electrons. The number of aliphatic hydroxyl groups is 1. The van der Waals surface area contributed by atoms with E-state index in [0.29, 0.717) is 39.1 Å². The van der Waals surface area contributed by atoms with Crippen LogP contribution in [0.3, 0.4) is 0 Å². The number of rotatable bonds is 5. The number of fused-ring (bicyclic) bond motifs is 1. The Balaban J connectivity index is 1.19. The van der Waals surface area contributed by atoms with Crippen LogP contribution in [0.2, 0.25) is 0 Å². The first-order chi connectivity index (χ1) is 13.1. The molecule has 3 N–H and O–H groups in total. The lowest BCUT2D eigenvalue weighted by Crippen LogP contribution is -2.48. The molecule has 5 unspecified atom stereocenters. The Hall–Kier alpha value is -1.42. The van der Waals surface area contributed by atoms with Crippen LogP contribution in [0.4, 0.5) is 4.79 Å². The molecule has 0 bridgehead atoms. The summed E-state index contributed by atoms with van der Waals surface area (Å²) in [6.07, 6.45) is 1.91. The molecule has 0 aromatic carbocycles. The summed E-state index contributed by atoms with van der Waals surface area (Å²) in [7, 11) is 0. The first kappa shape index (κ1) is 18.9. The van der Waals surface area contributed by atoms with Crippen molar-refractivity contribution in [2.24, 2.45) is 0 Å². The van der Waals surface area contributed by atoms with Gasteiger partial charge in [0.25, 0.3) is 0 Å². The van der Waals surface area contributed by atoms with E-state index in [0.717, 1.165) is 19.3 Å². The molecule has 3 amide bonds. The molecule has 0 aromatic heterocycles.